The topological polar surface area (TPSA) is 33.1 Å². The van der Waals surface area contributed by atoms with Gasteiger partial charge < -0.3 is 5.32 Å². The van der Waals surface area contributed by atoms with Gasteiger partial charge in [-0.15, -0.1) is 0 Å². The molecule has 1 atom stereocenters. The number of aromatic nitrogens is 2. The molecule has 0 bridgehead atoms. The van der Waals surface area contributed by atoms with Crippen LogP contribution >= 0.6 is 0 Å². The minimum Gasteiger partial charge on any atom is -0.316 e. The van der Waals surface area contributed by atoms with Gasteiger partial charge in [0.25, 0.3) is 0 Å². The summed E-state index contributed by atoms with van der Waals surface area (Å²) in [5.41, 5.74) is 2.65. The number of piperidine rings is 1. The zero-order valence-corrected chi connectivity index (χ0v) is 13.5. The Morgan fingerprint density at radius 1 is 1.50 bits per heavy atom. The summed E-state index contributed by atoms with van der Waals surface area (Å²) in [6, 6.07) is 0.585. The van der Waals surface area contributed by atoms with E-state index in [-0.39, 0.29) is 0 Å². The third-order valence-corrected chi connectivity index (χ3v) is 4.32. The normalized spacial score (nSPS) is 20.0. The van der Waals surface area contributed by atoms with Gasteiger partial charge in [0.15, 0.2) is 0 Å². The summed E-state index contributed by atoms with van der Waals surface area (Å²) in [5, 5.41) is 8.09. The maximum atomic E-state index is 4.57. The summed E-state index contributed by atoms with van der Waals surface area (Å²) in [5.74, 6) is 0.799. The van der Waals surface area contributed by atoms with E-state index >= 15 is 0 Å². The average Bonchev–Trinajstić information content (AvgIpc) is 2.79. The Labute approximate surface area is 123 Å². The lowest BCUT2D eigenvalue weighted by Crippen LogP contribution is -2.40. The SMILES string of the molecule is CCc1nn(C)cc1CN(CC1CCCNC1)C(C)C. The molecule has 1 unspecified atom stereocenters. The summed E-state index contributed by atoms with van der Waals surface area (Å²) < 4.78 is 1.95. The largest absolute Gasteiger partial charge is 0.316 e. The second kappa shape index (κ2) is 7.23. The van der Waals surface area contributed by atoms with Crippen LogP contribution < -0.4 is 5.32 Å². The maximum Gasteiger partial charge on any atom is 0.0666 e. The highest BCUT2D eigenvalue weighted by Crippen LogP contribution is 2.17. The van der Waals surface area contributed by atoms with Crippen LogP contribution in [0.4, 0.5) is 0 Å². The van der Waals surface area contributed by atoms with Gasteiger partial charge in [-0.2, -0.15) is 5.10 Å². The van der Waals surface area contributed by atoms with Crippen LogP contribution in [0, 0.1) is 5.92 Å². The van der Waals surface area contributed by atoms with Crippen LogP contribution in [0.3, 0.4) is 0 Å². The van der Waals surface area contributed by atoms with E-state index < -0.39 is 0 Å². The van der Waals surface area contributed by atoms with Crippen LogP contribution in [0.15, 0.2) is 6.20 Å². The van der Waals surface area contributed by atoms with Crippen molar-refractivity contribution in [3.05, 3.63) is 17.5 Å². The molecule has 1 fully saturated rings. The summed E-state index contributed by atoms with van der Waals surface area (Å²) in [4.78, 5) is 2.60. The first kappa shape index (κ1) is 15.5. The smallest absolute Gasteiger partial charge is 0.0666 e. The lowest BCUT2D eigenvalue weighted by molar-refractivity contribution is 0.163. The van der Waals surface area contributed by atoms with E-state index in [4.69, 9.17) is 0 Å². The van der Waals surface area contributed by atoms with Crippen LogP contribution in [-0.4, -0.2) is 40.4 Å². The molecule has 4 nitrogen and oxygen atoms in total. The highest BCUT2D eigenvalue weighted by molar-refractivity contribution is 5.17. The lowest BCUT2D eigenvalue weighted by atomic mass is 9.98. The van der Waals surface area contributed by atoms with Gasteiger partial charge in [0.2, 0.25) is 0 Å². The van der Waals surface area contributed by atoms with E-state index in [0.29, 0.717) is 6.04 Å². The van der Waals surface area contributed by atoms with Crippen molar-refractivity contribution in [2.75, 3.05) is 19.6 Å². The molecule has 4 heteroatoms. The monoisotopic (exact) mass is 278 g/mol. The number of hydrogen-bond donors (Lipinski definition) is 1. The predicted octanol–water partition coefficient (Wildman–Crippen LogP) is 2.19. The van der Waals surface area contributed by atoms with Crippen molar-refractivity contribution >= 4 is 0 Å². The number of hydrogen-bond acceptors (Lipinski definition) is 3. The van der Waals surface area contributed by atoms with E-state index in [9.17, 15) is 0 Å². The van der Waals surface area contributed by atoms with E-state index in [1.165, 1.54) is 43.7 Å². The first-order valence-corrected chi connectivity index (χ1v) is 8.06. The standard InChI is InChI=1S/C16H30N4/c1-5-16-15(11-19(4)18-16)12-20(13(2)3)10-14-7-6-8-17-9-14/h11,13-14,17H,5-10,12H2,1-4H3. The molecular formula is C16H30N4. The van der Waals surface area contributed by atoms with Crippen molar-refractivity contribution in [1.29, 1.82) is 0 Å². The van der Waals surface area contributed by atoms with Crippen LogP contribution in [0.5, 0.6) is 0 Å². The molecule has 0 spiro atoms. The summed E-state index contributed by atoms with van der Waals surface area (Å²) in [6.45, 7) is 11.4. The molecule has 1 aromatic heterocycles. The van der Waals surface area contributed by atoms with Crippen LogP contribution in [-0.2, 0) is 20.0 Å². The summed E-state index contributed by atoms with van der Waals surface area (Å²) in [6.07, 6.45) is 5.90. The molecule has 1 aliphatic rings. The Kier molecular flexibility index (Phi) is 5.61. The van der Waals surface area contributed by atoms with Gasteiger partial charge in [-0.3, -0.25) is 9.58 Å². The third-order valence-electron chi connectivity index (χ3n) is 4.32. The fourth-order valence-corrected chi connectivity index (χ4v) is 3.10. The number of rotatable bonds is 6. The minimum atomic E-state index is 0.585. The molecular weight excluding hydrogens is 248 g/mol. The maximum absolute atomic E-state index is 4.57. The Hall–Kier alpha value is -0.870. The van der Waals surface area contributed by atoms with Crippen molar-refractivity contribution in [3.63, 3.8) is 0 Å². The Bertz CT molecular complexity index is 405. The van der Waals surface area contributed by atoms with E-state index in [1.54, 1.807) is 0 Å². The Morgan fingerprint density at radius 3 is 2.90 bits per heavy atom. The van der Waals surface area contributed by atoms with Crippen molar-refractivity contribution in [1.82, 2.24) is 20.0 Å². The molecule has 0 aliphatic carbocycles. The Morgan fingerprint density at radius 2 is 2.30 bits per heavy atom. The summed E-state index contributed by atoms with van der Waals surface area (Å²) in [7, 11) is 2.02. The molecule has 2 heterocycles. The van der Waals surface area contributed by atoms with Crippen molar-refractivity contribution < 1.29 is 0 Å². The van der Waals surface area contributed by atoms with Gasteiger partial charge in [0, 0.05) is 37.9 Å². The zero-order chi connectivity index (χ0) is 14.5. The molecule has 0 radical (unpaired) electrons. The third kappa shape index (κ3) is 4.06. The molecule has 0 aromatic carbocycles. The molecule has 1 aliphatic heterocycles. The summed E-state index contributed by atoms with van der Waals surface area (Å²) >= 11 is 0. The van der Waals surface area contributed by atoms with E-state index in [1.807, 2.05) is 11.7 Å². The lowest BCUT2D eigenvalue weighted by Gasteiger charge is -2.32. The van der Waals surface area contributed by atoms with Gasteiger partial charge in [-0.1, -0.05) is 6.92 Å². The molecule has 0 saturated carbocycles. The van der Waals surface area contributed by atoms with Gasteiger partial charge in [-0.05, 0) is 52.1 Å². The fraction of sp³-hybridized carbons (Fsp3) is 0.812. The first-order valence-electron chi connectivity index (χ1n) is 8.06. The first-order chi connectivity index (χ1) is 9.60. The van der Waals surface area contributed by atoms with Gasteiger partial charge in [-0.25, -0.2) is 0 Å². The molecule has 1 aromatic rings. The fourth-order valence-electron chi connectivity index (χ4n) is 3.10. The van der Waals surface area contributed by atoms with Gasteiger partial charge in [0.05, 0.1) is 5.69 Å². The van der Waals surface area contributed by atoms with Crippen LogP contribution in [0.2, 0.25) is 0 Å². The molecule has 2 rings (SSSR count). The van der Waals surface area contributed by atoms with Gasteiger partial charge >= 0.3 is 0 Å². The highest BCUT2D eigenvalue weighted by Gasteiger charge is 2.20. The van der Waals surface area contributed by atoms with Crippen LogP contribution in [0.25, 0.3) is 0 Å². The van der Waals surface area contributed by atoms with Gasteiger partial charge in [0.1, 0.15) is 0 Å². The van der Waals surface area contributed by atoms with Crippen LogP contribution in [0.1, 0.15) is 44.9 Å². The number of nitrogens with one attached hydrogen (secondary N) is 1. The molecule has 0 amide bonds. The van der Waals surface area contributed by atoms with E-state index in [2.05, 4.69) is 42.3 Å². The van der Waals surface area contributed by atoms with Crippen molar-refractivity contribution in [3.8, 4) is 0 Å². The van der Waals surface area contributed by atoms with Crippen molar-refractivity contribution in [2.45, 2.75) is 52.6 Å². The number of aryl methyl sites for hydroxylation is 2. The Balaban J connectivity index is 2.00. The average molecular weight is 278 g/mol. The molecule has 1 N–H and O–H groups in total. The molecule has 1 saturated heterocycles. The quantitative estimate of drug-likeness (QED) is 0.866. The second-order valence-corrected chi connectivity index (χ2v) is 6.36. The predicted molar refractivity (Wildman–Crippen MR) is 83.7 cm³/mol. The molecule has 20 heavy (non-hydrogen) atoms. The number of nitrogens with zero attached hydrogens (tertiary/aromatic N) is 3. The highest BCUT2D eigenvalue weighted by atomic mass is 15.3. The second-order valence-electron chi connectivity index (χ2n) is 6.36. The van der Waals surface area contributed by atoms with E-state index in [0.717, 1.165) is 18.9 Å². The molecule has 114 valence electrons. The van der Waals surface area contributed by atoms with Crippen molar-refractivity contribution in [2.24, 2.45) is 13.0 Å². The zero-order valence-electron chi connectivity index (χ0n) is 13.5. The minimum absolute atomic E-state index is 0.585.